The van der Waals surface area contributed by atoms with Crippen molar-refractivity contribution in [2.75, 3.05) is 13.7 Å². The Balaban J connectivity index is 3.01. The van der Waals surface area contributed by atoms with E-state index < -0.39 is 0 Å². The van der Waals surface area contributed by atoms with Gasteiger partial charge < -0.3 is 9.47 Å². The molecule has 1 aromatic rings. The third kappa shape index (κ3) is 2.60. The summed E-state index contributed by atoms with van der Waals surface area (Å²) >= 11 is 2.16. The molecule has 0 unspecified atom stereocenters. The lowest BCUT2D eigenvalue weighted by Crippen LogP contribution is -2.06. The van der Waals surface area contributed by atoms with E-state index in [1.54, 1.807) is 19.1 Å². The Morgan fingerprint density at radius 3 is 2.79 bits per heavy atom. The van der Waals surface area contributed by atoms with Crippen LogP contribution in [0, 0.1) is 3.57 Å². The van der Waals surface area contributed by atoms with Crippen LogP contribution in [0.25, 0.3) is 0 Å². The first-order chi connectivity index (χ1) is 6.69. The van der Waals surface area contributed by atoms with E-state index in [0.29, 0.717) is 17.9 Å². The van der Waals surface area contributed by atoms with E-state index in [1.807, 2.05) is 6.07 Å². The highest BCUT2D eigenvalue weighted by Crippen LogP contribution is 2.21. The topological polar surface area (TPSA) is 35.5 Å². The molecule has 1 rings (SSSR count). The summed E-state index contributed by atoms with van der Waals surface area (Å²) in [6, 6.07) is 5.35. The maximum atomic E-state index is 11.4. The van der Waals surface area contributed by atoms with Gasteiger partial charge >= 0.3 is 5.97 Å². The minimum absolute atomic E-state index is 0.347. The van der Waals surface area contributed by atoms with Crippen LogP contribution >= 0.6 is 22.6 Å². The average Bonchev–Trinajstić information content (AvgIpc) is 2.17. The Morgan fingerprint density at radius 2 is 2.21 bits per heavy atom. The largest absolute Gasteiger partial charge is 0.496 e. The van der Waals surface area contributed by atoms with Crippen molar-refractivity contribution in [1.29, 1.82) is 0 Å². The predicted molar refractivity (Wildman–Crippen MR) is 61.7 cm³/mol. The Labute approximate surface area is 96.5 Å². The molecule has 0 radical (unpaired) electrons. The van der Waals surface area contributed by atoms with Gasteiger partial charge in [0, 0.05) is 3.57 Å². The van der Waals surface area contributed by atoms with Gasteiger partial charge in [0.2, 0.25) is 0 Å². The Bertz CT molecular complexity index is 336. The molecule has 76 valence electrons. The number of benzene rings is 1. The molecule has 4 heteroatoms. The number of methoxy groups -OCH3 is 1. The number of carbonyl (C=O) groups is 1. The van der Waals surface area contributed by atoms with Crippen LogP contribution in [-0.2, 0) is 4.74 Å². The lowest BCUT2D eigenvalue weighted by atomic mass is 10.2. The predicted octanol–water partition coefficient (Wildman–Crippen LogP) is 2.48. The van der Waals surface area contributed by atoms with Crippen LogP contribution in [0.15, 0.2) is 18.2 Å². The molecule has 0 bridgehead atoms. The zero-order valence-corrected chi connectivity index (χ0v) is 10.2. The molecule has 0 saturated carbocycles. The van der Waals surface area contributed by atoms with Gasteiger partial charge in [0.05, 0.1) is 13.7 Å². The fourth-order valence-electron chi connectivity index (χ4n) is 1.04. The highest BCUT2D eigenvalue weighted by molar-refractivity contribution is 14.1. The highest BCUT2D eigenvalue weighted by Gasteiger charge is 2.12. The number of hydrogen-bond donors (Lipinski definition) is 0. The molecule has 0 N–H and O–H groups in total. The summed E-state index contributed by atoms with van der Waals surface area (Å²) in [7, 11) is 1.54. The lowest BCUT2D eigenvalue weighted by Gasteiger charge is -2.07. The molecule has 3 nitrogen and oxygen atoms in total. The van der Waals surface area contributed by atoms with Crippen molar-refractivity contribution in [2.45, 2.75) is 6.92 Å². The smallest absolute Gasteiger partial charge is 0.341 e. The van der Waals surface area contributed by atoms with Gasteiger partial charge in [0.15, 0.2) is 0 Å². The van der Waals surface area contributed by atoms with Gasteiger partial charge in [0.1, 0.15) is 11.3 Å². The van der Waals surface area contributed by atoms with Gasteiger partial charge in [-0.1, -0.05) is 0 Å². The van der Waals surface area contributed by atoms with Gasteiger partial charge in [-0.05, 0) is 47.7 Å². The molecule has 0 spiro atoms. The summed E-state index contributed by atoms with van der Waals surface area (Å²) in [6.07, 6.45) is 0. The molecule has 0 amide bonds. The van der Waals surface area contributed by atoms with Gasteiger partial charge in [0.25, 0.3) is 0 Å². The van der Waals surface area contributed by atoms with E-state index in [-0.39, 0.29) is 5.97 Å². The molecule has 0 fully saturated rings. The van der Waals surface area contributed by atoms with Crippen molar-refractivity contribution in [3.05, 3.63) is 27.3 Å². The van der Waals surface area contributed by atoms with Crippen LogP contribution in [-0.4, -0.2) is 19.7 Å². The molecule has 0 aromatic heterocycles. The van der Waals surface area contributed by atoms with Gasteiger partial charge in [-0.25, -0.2) is 4.79 Å². The van der Waals surface area contributed by atoms with E-state index in [4.69, 9.17) is 9.47 Å². The summed E-state index contributed by atoms with van der Waals surface area (Å²) in [5.74, 6) is 0.205. The van der Waals surface area contributed by atoms with Crippen LogP contribution in [0.2, 0.25) is 0 Å². The standard InChI is InChI=1S/C10H11IO3/c1-3-14-10(12)8-5-4-7(11)6-9(8)13-2/h4-6H,3H2,1-2H3. The van der Waals surface area contributed by atoms with E-state index in [1.165, 1.54) is 7.11 Å². The molecule has 0 saturated heterocycles. The average molecular weight is 306 g/mol. The van der Waals surface area contributed by atoms with Crippen LogP contribution in [0.5, 0.6) is 5.75 Å². The van der Waals surface area contributed by atoms with Crippen LogP contribution < -0.4 is 4.74 Å². The van der Waals surface area contributed by atoms with Crippen molar-refractivity contribution in [2.24, 2.45) is 0 Å². The normalized spacial score (nSPS) is 9.64. The molecule has 0 aliphatic rings. The quantitative estimate of drug-likeness (QED) is 0.636. The fraction of sp³-hybridized carbons (Fsp3) is 0.300. The zero-order valence-electron chi connectivity index (χ0n) is 8.04. The van der Waals surface area contributed by atoms with E-state index in [9.17, 15) is 4.79 Å². The third-order valence-corrected chi connectivity index (χ3v) is 2.33. The number of hydrogen-bond acceptors (Lipinski definition) is 3. The highest BCUT2D eigenvalue weighted by atomic mass is 127. The van der Waals surface area contributed by atoms with Crippen molar-refractivity contribution < 1.29 is 14.3 Å². The maximum Gasteiger partial charge on any atom is 0.341 e. The first kappa shape index (κ1) is 11.3. The van der Waals surface area contributed by atoms with E-state index in [2.05, 4.69) is 22.6 Å². The van der Waals surface area contributed by atoms with Crippen molar-refractivity contribution >= 4 is 28.6 Å². The minimum atomic E-state index is -0.347. The van der Waals surface area contributed by atoms with E-state index in [0.717, 1.165) is 3.57 Å². The second-order valence-corrected chi connectivity index (χ2v) is 3.81. The first-order valence-corrected chi connectivity index (χ1v) is 5.27. The monoisotopic (exact) mass is 306 g/mol. The molecule has 0 aliphatic carbocycles. The summed E-state index contributed by atoms with van der Waals surface area (Å²) in [5, 5.41) is 0. The summed E-state index contributed by atoms with van der Waals surface area (Å²) < 4.78 is 11.0. The molecule has 0 aliphatic heterocycles. The van der Waals surface area contributed by atoms with Crippen LogP contribution in [0.1, 0.15) is 17.3 Å². The zero-order chi connectivity index (χ0) is 10.6. The third-order valence-electron chi connectivity index (χ3n) is 1.66. The van der Waals surface area contributed by atoms with Crippen LogP contribution in [0.4, 0.5) is 0 Å². The Hall–Kier alpha value is -0.780. The summed E-state index contributed by atoms with van der Waals surface area (Å²) in [4.78, 5) is 11.4. The van der Waals surface area contributed by atoms with Gasteiger partial charge in [-0.15, -0.1) is 0 Å². The van der Waals surface area contributed by atoms with Crippen molar-refractivity contribution in [1.82, 2.24) is 0 Å². The lowest BCUT2D eigenvalue weighted by molar-refractivity contribution is 0.0522. The van der Waals surface area contributed by atoms with Crippen LogP contribution in [0.3, 0.4) is 0 Å². The minimum Gasteiger partial charge on any atom is -0.496 e. The SMILES string of the molecule is CCOC(=O)c1ccc(I)cc1OC. The Kier molecular flexibility index (Phi) is 4.19. The van der Waals surface area contributed by atoms with Gasteiger partial charge in [-0.2, -0.15) is 0 Å². The summed E-state index contributed by atoms with van der Waals surface area (Å²) in [6.45, 7) is 2.14. The number of halogens is 1. The molecule has 0 atom stereocenters. The fourth-order valence-corrected chi connectivity index (χ4v) is 1.51. The second-order valence-electron chi connectivity index (χ2n) is 2.57. The molecular formula is C10H11IO3. The second kappa shape index (κ2) is 5.19. The van der Waals surface area contributed by atoms with Crippen molar-refractivity contribution in [3.63, 3.8) is 0 Å². The number of carbonyl (C=O) groups excluding carboxylic acids is 1. The maximum absolute atomic E-state index is 11.4. The number of rotatable bonds is 3. The first-order valence-electron chi connectivity index (χ1n) is 4.19. The van der Waals surface area contributed by atoms with E-state index >= 15 is 0 Å². The number of ether oxygens (including phenoxy) is 2. The molecule has 14 heavy (non-hydrogen) atoms. The molecule has 1 aromatic carbocycles. The Morgan fingerprint density at radius 1 is 1.50 bits per heavy atom. The van der Waals surface area contributed by atoms with Crippen molar-refractivity contribution in [3.8, 4) is 5.75 Å². The molecular weight excluding hydrogens is 295 g/mol. The molecule has 0 heterocycles. The number of esters is 1. The van der Waals surface area contributed by atoms with Gasteiger partial charge in [-0.3, -0.25) is 0 Å². The summed E-state index contributed by atoms with van der Waals surface area (Å²) in [5.41, 5.74) is 0.467.